The van der Waals surface area contributed by atoms with Crippen molar-refractivity contribution in [2.24, 2.45) is 11.8 Å². The lowest BCUT2D eigenvalue weighted by atomic mass is 10.1. The fraction of sp³-hybridized carbons (Fsp3) is 0.769. The zero-order valence-electron chi connectivity index (χ0n) is 11.5. The van der Waals surface area contributed by atoms with Crippen molar-refractivity contribution in [3.63, 3.8) is 0 Å². The summed E-state index contributed by atoms with van der Waals surface area (Å²) in [5.74, 6) is 0.547. The second kappa shape index (κ2) is 9.05. The van der Waals surface area contributed by atoms with Gasteiger partial charge in [-0.25, -0.2) is 0 Å². The van der Waals surface area contributed by atoms with Gasteiger partial charge in [0.15, 0.2) is 0 Å². The van der Waals surface area contributed by atoms with Gasteiger partial charge in [-0.2, -0.15) is 0 Å². The molecule has 0 atom stereocenters. The number of amides is 1. The molecule has 100 valence electrons. The number of hydrogen-bond acceptors (Lipinski definition) is 3. The van der Waals surface area contributed by atoms with E-state index in [9.17, 15) is 4.79 Å². The minimum atomic E-state index is 0.0334. The highest BCUT2D eigenvalue weighted by atomic mass is 16.5. The van der Waals surface area contributed by atoms with Gasteiger partial charge in [0, 0.05) is 24.7 Å². The van der Waals surface area contributed by atoms with E-state index in [1.807, 2.05) is 13.8 Å². The van der Waals surface area contributed by atoms with Gasteiger partial charge in [0.2, 0.25) is 5.91 Å². The van der Waals surface area contributed by atoms with Crippen LogP contribution in [0, 0.1) is 11.8 Å². The van der Waals surface area contributed by atoms with Gasteiger partial charge in [-0.3, -0.25) is 4.79 Å². The average molecular weight is 242 g/mol. The van der Waals surface area contributed by atoms with Gasteiger partial charge in [-0.15, -0.1) is 0 Å². The van der Waals surface area contributed by atoms with Crippen molar-refractivity contribution < 1.29 is 9.53 Å². The molecule has 0 aliphatic heterocycles. The summed E-state index contributed by atoms with van der Waals surface area (Å²) >= 11 is 0. The Labute approximate surface area is 105 Å². The number of carbonyl (C=O) groups excluding carboxylic acids is 1. The molecule has 0 aliphatic rings. The Hall–Kier alpha value is -1.03. The zero-order chi connectivity index (χ0) is 13.3. The summed E-state index contributed by atoms with van der Waals surface area (Å²) in [6, 6.07) is 0. The molecule has 2 N–H and O–H groups in total. The normalized spacial score (nSPS) is 10.7. The highest BCUT2D eigenvalue weighted by Crippen LogP contribution is 2.00. The van der Waals surface area contributed by atoms with Crippen LogP contribution in [0.5, 0.6) is 0 Å². The Bertz CT molecular complexity index is 214. The second-order valence-corrected chi connectivity index (χ2v) is 4.66. The van der Waals surface area contributed by atoms with E-state index in [4.69, 9.17) is 4.74 Å². The lowest BCUT2D eigenvalue weighted by Gasteiger charge is -2.13. The van der Waals surface area contributed by atoms with Crippen molar-refractivity contribution in [2.75, 3.05) is 26.3 Å². The number of allylic oxidation sites excluding steroid dienone is 1. The highest BCUT2D eigenvalue weighted by Gasteiger charge is 2.04. The first-order chi connectivity index (χ1) is 7.95. The van der Waals surface area contributed by atoms with E-state index in [1.165, 1.54) is 0 Å². The Morgan fingerprint density at radius 1 is 1.06 bits per heavy atom. The van der Waals surface area contributed by atoms with Crippen molar-refractivity contribution in [2.45, 2.75) is 27.7 Å². The molecule has 0 aromatic heterocycles. The van der Waals surface area contributed by atoms with Gasteiger partial charge < -0.3 is 15.4 Å². The molecule has 0 unspecified atom stereocenters. The first-order valence-electron chi connectivity index (χ1n) is 6.23. The molecule has 0 bridgehead atoms. The second-order valence-electron chi connectivity index (χ2n) is 4.66. The summed E-state index contributed by atoms with van der Waals surface area (Å²) in [6.45, 7) is 14.4. The van der Waals surface area contributed by atoms with Crippen LogP contribution < -0.4 is 10.6 Å². The van der Waals surface area contributed by atoms with Crippen LogP contribution in [-0.2, 0) is 9.53 Å². The van der Waals surface area contributed by atoms with Gasteiger partial charge in [0.05, 0.1) is 13.2 Å². The fourth-order valence-corrected chi connectivity index (χ4v) is 1.04. The molecule has 0 radical (unpaired) electrons. The monoisotopic (exact) mass is 242 g/mol. The minimum Gasteiger partial charge on any atom is -0.386 e. The molecule has 0 spiro atoms. The largest absolute Gasteiger partial charge is 0.386 e. The predicted octanol–water partition coefficient (Wildman–Crippen LogP) is 1.53. The molecule has 0 rings (SSSR count). The van der Waals surface area contributed by atoms with E-state index in [1.54, 1.807) is 0 Å². The van der Waals surface area contributed by atoms with Crippen molar-refractivity contribution >= 4 is 5.91 Å². The Kier molecular flexibility index (Phi) is 8.50. The number of rotatable bonds is 9. The third-order valence-electron chi connectivity index (χ3n) is 2.37. The molecule has 0 aliphatic carbocycles. The van der Waals surface area contributed by atoms with Crippen LogP contribution >= 0.6 is 0 Å². The molecule has 0 fully saturated rings. The van der Waals surface area contributed by atoms with E-state index in [-0.39, 0.29) is 11.8 Å². The highest BCUT2D eigenvalue weighted by molar-refractivity contribution is 5.77. The van der Waals surface area contributed by atoms with Crippen molar-refractivity contribution in [3.05, 3.63) is 12.3 Å². The Morgan fingerprint density at radius 3 is 2.06 bits per heavy atom. The van der Waals surface area contributed by atoms with Crippen LogP contribution in [-0.4, -0.2) is 32.2 Å². The zero-order valence-corrected chi connectivity index (χ0v) is 11.5. The van der Waals surface area contributed by atoms with Crippen LogP contribution in [0.15, 0.2) is 12.3 Å². The SMILES string of the molecule is C=C(NCCOCCNC(=O)C(C)C)C(C)C. The van der Waals surface area contributed by atoms with Gasteiger partial charge in [0.25, 0.3) is 0 Å². The summed E-state index contributed by atoms with van der Waals surface area (Å²) in [4.78, 5) is 11.2. The van der Waals surface area contributed by atoms with E-state index in [0.29, 0.717) is 25.7 Å². The van der Waals surface area contributed by atoms with Crippen molar-refractivity contribution in [1.29, 1.82) is 0 Å². The maximum Gasteiger partial charge on any atom is 0.222 e. The third-order valence-corrected chi connectivity index (χ3v) is 2.37. The molecule has 0 aromatic rings. The molecule has 1 amide bonds. The van der Waals surface area contributed by atoms with Crippen LogP contribution in [0.1, 0.15) is 27.7 Å². The molecular weight excluding hydrogens is 216 g/mol. The molecule has 0 heterocycles. The van der Waals surface area contributed by atoms with Gasteiger partial charge in [0.1, 0.15) is 0 Å². The molecule has 4 heteroatoms. The van der Waals surface area contributed by atoms with E-state index < -0.39 is 0 Å². The van der Waals surface area contributed by atoms with E-state index in [2.05, 4.69) is 31.1 Å². The quantitative estimate of drug-likeness (QED) is 0.603. The van der Waals surface area contributed by atoms with E-state index >= 15 is 0 Å². The van der Waals surface area contributed by atoms with Crippen LogP contribution in [0.2, 0.25) is 0 Å². The number of carbonyl (C=O) groups is 1. The van der Waals surface area contributed by atoms with Crippen LogP contribution in [0.25, 0.3) is 0 Å². The Balaban J connectivity index is 3.30. The smallest absolute Gasteiger partial charge is 0.222 e. The van der Waals surface area contributed by atoms with Gasteiger partial charge >= 0.3 is 0 Å². The molecule has 0 saturated heterocycles. The summed E-state index contributed by atoms with van der Waals surface area (Å²) in [7, 11) is 0. The van der Waals surface area contributed by atoms with Crippen molar-refractivity contribution in [1.82, 2.24) is 10.6 Å². The molecular formula is C13H26N2O2. The molecule has 17 heavy (non-hydrogen) atoms. The standard InChI is InChI=1S/C13H26N2O2/c1-10(2)12(5)14-6-8-17-9-7-15-13(16)11(3)4/h10-11,14H,5-9H2,1-4H3,(H,15,16). The number of ether oxygens (including phenoxy) is 1. The lowest BCUT2D eigenvalue weighted by molar-refractivity contribution is -0.124. The molecule has 0 aromatic carbocycles. The summed E-state index contributed by atoms with van der Waals surface area (Å²) in [5.41, 5.74) is 1.03. The number of hydrogen-bond donors (Lipinski definition) is 2. The Morgan fingerprint density at radius 2 is 1.59 bits per heavy atom. The maximum absolute atomic E-state index is 11.2. The first kappa shape index (κ1) is 16.0. The maximum atomic E-state index is 11.2. The van der Waals surface area contributed by atoms with Crippen LogP contribution in [0.3, 0.4) is 0 Å². The van der Waals surface area contributed by atoms with E-state index in [0.717, 1.165) is 12.2 Å². The third kappa shape index (κ3) is 8.74. The summed E-state index contributed by atoms with van der Waals surface area (Å²) < 4.78 is 5.38. The molecule has 4 nitrogen and oxygen atoms in total. The number of nitrogens with one attached hydrogen (secondary N) is 2. The first-order valence-corrected chi connectivity index (χ1v) is 6.23. The fourth-order valence-electron chi connectivity index (χ4n) is 1.04. The lowest BCUT2D eigenvalue weighted by Crippen LogP contribution is -2.31. The topological polar surface area (TPSA) is 50.4 Å². The summed E-state index contributed by atoms with van der Waals surface area (Å²) in [5, 5.41) is 5.99. The molecule has 0 saturated carbocycles. The van der Waals surface area contributed by atoms with Gasteiger partial charge in [-0.05, 0) is 5.92 Å². The van der Waals surface area contributed by atoms with Crippen molar-refractivity contribution in [3.8, 4) is 0 Å². The predicted molar refractivity (Wildman–Crippen MR) is 70.6 cm³/mol. The van der Waals surface area contributed by atoms with Gasteiger partial charge in [-0.1, -0.05) is 34.3 Å². The summed E-state index contributed by atoms with van der Waals surface area (Å²) in [6.07, 6.45) is 0. The average Bonchev–Trinajstić information content (AvgIpc) is 2.26. The minimum absolute atomic E-state index is 0.0334. The van der Waals surface area contributed by atoms with Crippen LogP contribution in [0.4, 0.5) is 0 Å².